The van der Waals surface area contributed by atoms with E-state index in [0.717, 1.165) is 42.6 Å². The molecule has 2 aromatic rings. The van der Waals surface area contributed by atoms with Gasteiger partial charge in [0.1, 0.15) is 11.6 Å². The van der Waals surface area contributed by atoms with Crippen molar-refractivity contribution in [1.29, 1.82) is 0 Å². The van der Waals surface area contributed by atoms with Crippen molar-refractivity contribution in [2.24, 2.45) is 5.92 Å². The summed E-state index contributed by atoms with van der Waals surface area (Å²) in [4.78, 5) is 45.7. The second kappa shape index (κ2) is 11.0. The number of aryl methyl sites for hydroxylation is 1. The molecule has 1 saturated carbocycles. The first kappa shape index (κ1) is 24.2. The average molecular weight is 466 g/mol. The number of rotatable bonds is 7. The molecule has 2 aliphatic rings. The lowest BCUT2D eigenvalue weighted by molar-refractivity contribution is -0.149. The third-order valence-electron chi connectivity index (χ3n) is 7.18. The summed E-state index contributed by atoms with van der Waals surface area (Å²) in [6, 6.07) is 4.83. The number of esters is 1. The summed E-state index contributed by atoms with van der Waals surface area (Å²) in [5.74, 6) is -0.263. The van der Waals surface area contributed by atoms with Crippen LogP contribution in [0.25, 0.3) is 0 Å². The van der Waals surface area contributed by atoms with Gasteiger partial charge in [0.15, 0.2) is 5.43 Å². The fourth-order valence-corrected chi connectivity index (χ4v) is 5.45. The number of carbonyl (C=O) groups excluding carboxylic acids is 2. The molecule has 2 fully saturated rings. The lowest BCUT2D eigenvalue weighted by Crippen LogP contribution is -2.50. The minimum absolute atomic E-state index is 0.220. The third-order valence-corrected chi connectivity index (χ3v) is 7.18. The SMILES string of the molecule is CCOC(=O)[C@@H]1CCCCN1C(=O)c1c(CC2CCCC2)n(Cc2cccnc2)c(C)cc1=O. The van der Waals surface area contributed by atoms with Crippen molar-refractivity contribution in [3.05, 3.63) is 63.3 Å². The van der Waals surface area contributed by atoms with Crippen molar-refractivity contribution in [1.82, 2.24) is 14.5 Å². The molecule has 3 heterocycles. The van der Waals surface area contributed by atoms with Crippen LogP contribution in [-0.4, -0.2) is 45.5 Å². The number of hydrogen-bond acceptors (Lipinski definition) is 5. The second-order valence-corrected chi connectivity index (χ2v) is 9.54. The maximum Gasteiger partial charge on any atom is 0.328 e. The number of ether oxygens (including phenoxy) is 1. The Balaban J connectivity index is 1.78. The van der Waals surface area contributed by atoms with E-state index in [1.54, 1.807) is 24.1 Å². The Kier molecular flexibility index (Phi) is 7.80. The summed E-state index contributed by atoms with van der Waals surface area (Å²) < 4.78 is 7.37. The van der Waals surface area contributed by atoms with Crippen LogP contribution in [0.1, 0.15) is 79.2 Å². The van der Waals surface area contributed by atoms with Gasteiger partial charge in [0, 0.05) is 42.9 Å². The van der Waals surface area contributed by atoms with Crippen molar-refractivity contribution >= 4 is 11.9 Å². The van der Waals surface area contributed by atoms with Gasteiger partial charge in [0.05, 0.1) is 6.61 Å². The molecule has 0 N–H and O–H groups in total. The van der Waals surface area contributed by atoms with Crippen LogP contribution in [0, 0.1) is 12.8 Å². The van der Waals surface area contributed by atoms with E-state index in [4.69, 9.17) is 4.74 Å². The topological polar surface area (TPSA) is 81.5 Å². The molecule has 0 bridgehead atoms. The van der Waals surface area contributed by atoms with E-state index in [1.165, 1.54) is 12.8 Å². The van der Waals surface area contributed by atoms with Crippen LogP contribution >= 0.6 is 0 Å². The standard InChI is InChI=1S/C27H35N3O4/c1-3-34-27(33)22-12-6-7-14-29(22)26(32)25-23(16-20-9-4-5-10-20)30(19(2)15-24(25)31)18-21-11-8-13-28-17-21/h8,11,13,15,17,20,22H,3-7,9-10,12,14,16,18H2,1-2H3/t22-/m0/s1. The van der Waals surface area contributed by atoms with Crippen LogP contribution in [0.3, 0.4) is 0 Å². The normalized spacial score (nSPS) is 18.8. The fraction of sp³-hybridized carbons (Fsp3) is 0.556. The molecular formula is C27H35N3O4. The number of piperidine rings is 1. The summed E-state index contributed by atoms with van der Waals surface area (Å²) in [7, 11) is 0. The highest BCUT2D eigenvalue weighted by molar-refractivity contribution is 5.98. The number of carbonyl (C=O) groups is 2. The molecule has 1 aliphatic carbocycles. The predicted octanol–water partition coefficient (Wildman–Crippen LogP) is 3.89. The van der Waals surface area contributed by atoms with Gasteiger partial charge in [-0.1, -0.05) is 31.7 Å². The van der Waals surface area contributed by atoms with Crippen LogP contribution in [-0.2, 0) is 22.5 Å². The van der Waals surface area contributed by atoms with Gasteiger partial charge in [0.25, 0.3) is 5.91 Å². The fourth-order valence-electron chi connectivity index (χ4n) is 5.45. The number of pyridine rings is 2. The Labute approximate surface area is 201 Å². The maximum atomic E-state index is 13.9. The largest absolute Gasteiger partial charge is 0.464 e. The minimum Gasteiger partial charge on any atom is -0.464 e. The minimum atomic E-state index is -0.631. The Bertz CT molecular complexity index is 1070. The van der Waals surface area contributed by atoms with E-state index in [2.05, 4.69) is 9.55 Å². The number of hydrogen-bond donors (Lipinski definition) is 0. The molecule has 0 radical (unpaired) electrons. The van der Waals surface area contributed by atoms with Gasteiger partial charge >= 0.3 is 5.97 Å². The molecule has 2 aromatic heterocycles. The van der Waals surface area contributed by atoms with E-state index in [9.17, 15) is 14.4 Å². The smallest absolute Gasteiger partial charge is 0.328 e. The summed E-state index contributed by atoms with van der Waals surface area (Å²) in [5.41, 5.74) is 2.60. The van der Waals surface area contributed by atoms with Crippen LogP contribution < -0.4 is 5.43 Å². The van der Waals surface area contributed by atoms with Crippen LogP contribution in [0.2, 0.25) is 0 Å². The Morgan fingerprint density at radius 3 is 2.62 bits per heavy atom. The molecular weight excluding hydrogens is 430 g/mol. The quantitative estimate of drug-likeness (QED) is 0.580. The average Bonchev–Trinajstić information content (AvgIpc) is 3.35. The molecule has 1 saturated heterocycles. The first-order valence-electron chi connectivity index (χ1n) is 12.6. The Hall–Kier alpha value is -2.96. The zero-order chi connectivity index (χ0) is 24.1. The van der Waals surface area contributed by atoms with Crippen molar-refractivity contribution in [3.63, 3.8) is 0 Å². The van der Waals surface area contributed by atoms with E-state index >= 15 is 0 Å². The molecule has 7 nitrogen and oxygen atoms in total. The van der Waals surface area contributed by atoms with Crippen molar-refractivity contribution in [3.8, 4) is 0 Å². The van der Waals surface area contributed by atoms with Gasteiger partial charge in [-0.2, -0.15) is 0 Å². The molecule has 1 amide bonds. The highest BCUT2D eigenvalue weighted by atomic mass is 16.5. The van der Waals surface area contributed by atoms with Gasteiger partial charge in [-0.05, 0) is 57.1 Å². The number of nitrogens with zero attached hydrogens (tertiary/aromatic N) is 3. The first-order valence-corrected chi connectivity index (χ1v) is 12.6. The molecule has 4 rings (SSSR count). The monoisotopic (exact) mass is 465 g/mol. The Morgan fingerprint density at radius 2 is 1.91 bits per heavy atom. The number of likely N-dealkylation sites (tertiary alicyclic amines) is 1. The van der Waals surface area contributed by atoms with Gasteiger partial charge < -0.3 is 14.2 Å². The summed E-state index contributed by atoms with van der Waals surface area (Å²) in [6.45, 7) is 4.97. The second-order valence-electron chi connectivity index (χ2n) is 9.54. The van der Waals surface area contributed by atoms with E-state index in [-0.39, 0.29) is 29.5 Å². The van der Waals surface area contributed by atoms with Crippen LogP contribution in [0.5, 0.6) is 0 Å². The van der Waals surface area contributed by atoms with Crippen molar-refractivity contribution in [2.75, 3.05) is 13.2 Å². The van der Waals surface area contributed by atoms with Crippen molar-refractivity contribution in [2.45, 2.75) is 77.8 Å². The molecule has 1 aliphatic heterocycles. The lowest BCUT2D eigenvalue weighted by atomic mass is 9.95. The summed E-state index contributed by atoms with van der Waals surface area (Å²) >= 11 is 0. The van der Waals surface area contributed by atoms with E-state index < -0.39 is 6.04 Å². The maximum absolute atomic E-state index is 13.9. The highest BCUT2D eigenvalue weighted by Crippen LogP contribution is 2.30. The van der Waals surface area contributed by atoms with Crippen molar-refractivity contribution < 1.29 is 14.3 Å². The predicted molar refractivity (Wildman–Crippen MR) is 130 cm³/mol. The molecule has 7 heteroatoms. The molecule has 1 atom stereocenters. The zero-order valence-electron chi connectivity index (χ0n) is 20.3. The van der Waals surface area contributed by atoms with Crippen LogP contribution in [0.15, 0.2) is 35.4 Å². The van der Waals surface area contributed by atoms with Gasteiger partial charge in [0.2, 0.25) is 0 Å². The summed E-state index contributed by atoms with van der Waals surface area (Å²) in [6.07, 6.45) is 11.1. The highest BCUT2D eigenvalue weighted by Gasteiger charge is 2.36. The zero-order valence-corrected chi connectivity index (χ0v) is 20.3. The summed E-state index contributed by atoms with van der Waals surface area (Å²) in [5, 5.41) is 0. The number of amides is 1. The molecule has 34 heavy (non-hydrogen) atoms. The molecule has 182 valence electrons. The van der Waals surface area contributed by atoms with Gasteiger partial charge in [-0.25, -0.2) is 4.79 Å². The van der Waals surface area contributed by atoms with E-state index in [1.807, 2.05) is 25.3 Å². The van der Waals surface area contributed by atoms with Crippen LogP contribution in [0.4, 0.5) is 0 Å². The molecule has 0 aromatic carbocycles. The van der Waals surface area contributed by atoms with Gasteiger partial charge in [-0.15, -0.1) is 0 Å². The molecule has 0 spiro atoms. The molecule has 0 unspecified atom stereocenters. The van der Waals surface area contributed by atoms with E-state index in [0.29, 0.717) is 31.8 Å². The third kappa shape index (κ3) is 5.24. The Morgan fingerprint density at radius 1 is 1.15 bits per heavy atom. The first-order chi connectivity index (χ1) is 16.5. The van der Waals surface area contributed by atoms with Gasteiger partial charge in [-0.3, -0.25) is 14.6 Å². The number of aromatic nitrogens is 2. The lowest BCUT2D eigenvalue weighted by Gasteiger charge is -2.34.